The fourth-order valence-electron chi connectivity index (χ4n) is 2.92. The summed E-state index contributed by atoms with van der Waals surface area (Å²) in [5, 5.41) is 4.75. The number of amides is 4. The van der Waals surface area contributed by atoms with Crippen molar-refractivity contribution in [3.05, 3.63) is 42.0 Å². The molecule has 2 N–H and O–H groups in total. The van der Waals surface area contributed by atoms with Gasteiger partial charge in [0, 0.05) is 19.5 Å². The van der Waals surface area contributed by atoms with Gasteiger partial charge in [-0.1, -0.05) is 36.4 Å². The Morgan fingerprint density at radius 1 is 1.13 bits per heavy atom. The number of carbonyl (C=O) groups is 3. The smallest absolute Gasteiger partial charge is 0.322 e. The Bertz CT molecular complexity index is 654. The van der Waals surface area contributed by atoms with Crippen LogP contribution in [0.2, 0.25) is 0 Å². The number of carbonyl (C=O) groups excluding carboxylic acids is 3. The van der Waals surface area contributed by atoms with Crippen molar-refractivity contribution < 1.29 is 14.4 Å². The zero-order valence-corrected chi connectivity index (χ0v) is 12.7. The van der Waals surface area contributed by atoms with Crippen LogP contribution in [0.25, 0.3) is 5.57 Å². The van der Waals surface area contributed by atoms with E-state index in [1.165, 1.54) is 11.1 Å². The molecule has 0 unspecified atom stereocenters. The molecule has 0 bridgehead atoms. The van der Waals surface area contributed by atoms with Crippen molar-refractivity contribution in [3.8, 4) is 0 Å². The lowest BCUT2D eigenvalue weighted by Gasteiger charge is -2.29. The van der Waals surface area contributed by atoms with Crippen LogP contribution in [0.15, 0.2) is 36.4 Å². The zero-order chi connectivity index (χ0) is 16.2. The normalized spacial score (nSPS) is 21.8. The molecule has 1 aromatic carbocycles. The maximum atomic E-state index is 12.5. The van der Waals surface area contributed by atoms with Gasteiger partial charge in [0.05, 0.1) is 0 Å². The second kappa shape index (κ2) is 6.64. The highest BCUT2D eigenvalue weighted by Crippen LogP contribution is 2.22. The van der Waals surface area contributed by atoms with E-state index in [1.54, 1.807) is 4.90 Å². The molecule has 3 rings (SSSR count). The van der Waals surface area contributed by atoms with Gasteiger partial charge in [-0.05, 0) is 24.0 Å². The van der Waals surface area contributed by atoms with Crippen LogP contribution in [0.3, 0.4) is 0 Å². The third-order valence-corrected chi connectivity index (χ3v) is 4.18. The predicted molar refractivity (Wildman–Crippen MR) is 85.3 cm³/mol. The van der Waals surface area contributed by atoms with Crippen LogP contribution >= 0.6 is 0 Å². The van der Waals surface area contributed by atoms with E-state index < -0.39 is 12.1 Å². The molecule has 0 spiro atoms. The number of hydrogen-bond acceptors (Lipinski definition) is 3. The molecule has 6 heteroatoms. The van der Waals surface area contributed by atoms with Gasteiger partial charge in [-0.3, -0.25) is 14.9 Å². The van der Waals surface area contributed by atoms with E-state index in [4.69, 9.17) is 0 Å². The van der Waals surface area contributed by atoms with E-state index in [0.29, 0.717) is 19.5 Å². The molecule has 1 fully saturated rings. The zero-order valence-electron chi connectivity index (χ0n) is 12.7. The first-order valence-electron chi connectivity index (χ1n) is 7.77. The molecule has 1 atom stereocenters. The third kappa shape index (κ3) is 3.59. The Labute approximate surface area is 134 Å². The number of nitrogens with one attached hydrogen (secondary N) is 2. The van der Waals surface area contributed by atoms with Crippen LogP contribution in [0.1, 0.15) is 24.8 Å². The fraction of sp³-hybridized carbons (Fsp3) is 0.353. The summed E-state index contributed by atoms with van der Waals surface area (Å²) in [4.78, 5) is 37.1. The third-order valence-electron chi connectivity index (χ3n) is 4.18. The average Bonchev–Trinajstić information content (AvgIpc) is 2.75. The summed E-state index contributed by atoms with van der Waals surface area (Å²) >= 11 is 0. The van der Waals surface area contributed by atoms with Crippen molar-refractivity contribution in [2.75, 3.05) is 13.1 Å². The summed E-state index contributed by atoms with van der Waals surface area (Å²) in [6.45, 7) is 1.14. The Balaban J connectivity index is 1.65. The highest BCUT2D eigenvalue weighted by Gasteiger charge is 2.30. The lowest BCUT2D eigenvalue weighted by atomic mass is 9.99. The first kappa shape index (κ1) is 15.3. The molecule has 0 saturated carbocycles. The number of urea groups is 1. The highest BCUT2D eigenvalue weighted by atomic mass is 16.2. The number of hydrogen-bond donors (Lipinski definition) is 2. The lowest BCUT2D eigenvalue weighted by Crippen LogP contribution is -2.50. The maximum absolute atomic E-state index is 12.5. The second-order valence-corrected chi connectivity index (χ2v) is 5.74. The summed E-state index contributed by atoms with van der Waals surface area (Å²) in [5.41, 5.74) is 2.41. The molecular weight excluding hydrogens is 294 g/mol. The van der Waals surface area contributed by atoms with Crippen LogP contribution in [0, 0.1) is 0 Å². The van der Waals surface area contributed by atoms with Gasteiger partial charge < -0.3 is 10.2 Å². The predicted octanol–water partition coefficient (Wildman–Crippen LogP) is 1.29. The van der Waals surface area contributed by atoms with Crippen molar-refractivity contribution in [2.45, 2.75) is 25.3 Å². The van der Waals surface area contributed by atoms with Crippen molar-refractivity contribution in [1.82, 2.24) is 15.5 Å². The van der Waals surface area contributed by atoms with Crippen molar-refractivity contribution in [2.24, 2.45) is 0 Å². The first-order valence-corrected chi connectivity index (χ1v) is 7.77. The SMILES string of the molecule is O=C1CC[C@H](C(=O)N2CC=C(c3ccccc3)CC2)NC(=O)N1. The summed E-state index contributed by atoms with van der Waals surface area (Å²) in [6.07, 6.45) is 3.35. The minimum absolute atomic E-state index is 0.127. The second-order valence-electron chi connectivity index (χ2n) is 5.74. The van der Waals surface area contributed by atoms with Gasteiger partial charge in [-0.15, -0.1) is 0 Å². The fourth-order valence-corrected chi connectivity index (χ4v) is 2.92. The number of benzene rings is 1. The molecule has 1 saturated heterocycles. The molecular formula is C17H19N3O3. The number of rotatable bonds is 2. The van der Waals surface area contributed by atoms with Crippen LogP contribution < -0.4 is 10.6 Å². The standard InChI is InChI=1S/C17H19N3O3/c21-15-7-6-14(18-17(23)19-15)16(22)20-10-8-13(9-11-20)12-4-2-1-3-5-12/h1-5,8,14H,6-7,9-11H2,(H2,18,19,21,23)/t14-/m1/s1. The quantitative estimate of drug-likeness (QED) is 0.863. The first-order chi connectivity index (χ1) is 11.1. The Morgan fingerprint density at radius 3 is 2.61 bits per heavy atom. The van der Waals surface area contributed by atoms with E-state index in [1.807, 2.05) is 18.2 Å². The molecule has 6 nitrogen and oxygen atoms in total. The molecule has 0 aromatic heterocycles. The van der Waals surface area contributed by atoms with Crippen molar-refractivity contribution in [1.29, 1.82) is 0 Å². The van der Waals surface area contributed by atoms with Crippen LogP contribution in [0.4, 0.5) is 4.79 Å². The van der Waals surface area contributed by atoms with Gasteiger partial charge in [-0.2, -0.15) is 0 Å². The molecule has 0 aliphatic carbocycles. The largest absolute Gasteiger partial charge is 0.337 e. The van der Waals surface area contributed by atoms with E-state index >= 15 is 0 Å². The molecule has 0 radical (unpaired) electrons. The summed E-state index contributed by atoms with van der Waals surface area (Å²) in [5.74, 6) is -0.471. The van der Waals surface area contributed by atoms with Crippen LogP contribution in [-0.4, -0.2) is 41.9 Å². The molecule has 2 aliphatic rings. The Kier molecular flexibility index (Phi) is 4.41. The molecule has 2 aliphatic heterocycles. The lowest BCUT2D eigenvalue weighted by molar-refractivity contribution is -0.132. The number of imide groups is 1. The van der Waals surface area contributed by atoms with Crippen molar-refractivity contribution in [3.63, 3.8) is 0 Å². The van der Waals surface area contributed by atoms with Crippen molar-refractivity contribution >= 4 is 23.4 Å². The van der Waals surface area contributed by atoms with Gasteiger partial charge in [0.2, 0.25) is 11.8 Å². The maximum Gasteiger partial charge on any atom is 0.322 e. The summed E-state index contributed by atoms with van der Waals surface area (Å²) in [6, 6.07) is 8.87. The van der Waals surface area contributed by atoms with Crippen LogP contribution in [-0.2, 0) is 9.59 Å². The van der Waals surface area contributed by atoms with Gasteiger partial charge >= 0.3 is 6.03 Å². The molecule has 120 valence electrons. The minimum atomic E-state index is -0.631. The number of nitrogens with zero attached hydrogens (tertiary/aromatic N) is 1. The topological polar surface area (TPSA) is 78.5 Å². The van der Waals surface area contributed by atoms with Gasteiger partial charge in [0.25, 0.3) is 0 Å². The molecule has 23 heavy (non-hydrogen) atoms. The van der Waals surface area contributed by atoms with Crippen LogP contribution in [0.5, 0.6) is 0 Å². The Hall–Kier alpha value is -2.63. The Morgan fingerprint density at radius 2 is 1.91 bits per heavy atom. The van der Waals surface area contributed by atoms with Gasteiger partial charge in [-0.25, -0.2) is 4.79 Å². The van der Waals surface area contributed by atoms with E-state index in [2.05, 4.69) is 28.8 Å². The summed E-state index contributed by atoms with van der Waals surface area (Å²) < 4.78 is 0. The summed E-state index contributed by atoms with van der Waals surface area (Å²) in [7, 11) is 0. The molecule has 4 amide bonds. The van der Waals surface area contributed by atoms with E-state index in [0.717, 1.165) is 6.42 Å². The highest BCUT2D eigenvalue weighted by molar-refractivity contribution is 5.98. The van der Waals surface area contributed by atoms with E-state index in [-0.39, 0.29) is 18.2 Å². The molecule has 1 aromatic rings. The molecule has 2 heterocycles. The van der Waals surface area contributed by atoms with Gasteiger partial charge in [0.1, 0.15) is 6.04 Å². The minimum Gasteiger partial charge on any atom is -0.337 e. The average molecular weight is 313 g/mol. The monoisotopic (exact) mass is 313 g/mol. The van der Waals surface area contributed by atoms with E-state index in [9.17, 15) is 14.4 Å². The van der Waals surface area contributed by atoms with Gasteiger partial charge in [0.15, 0.2) is 0 Å².